The molecule has 2 bridgehead atoms. The van der Waals surface area contributed by atoms with Gasteiger partial charge in [-0.05, 0) is 34.1 Å². The molecule has 1 unspecified atom stereocenters. The third-order valence-electron chi connectivity index (χ3n) is 6.04. The second-order valence-corrected chi connectivity index (χ2v) is 11.6. The van der Waals surface area contributed by atoms with E-state index in [2.05, 4.69) is 41.5 Å². The zero-order valence-corrected chi connectivity index (χ0v) is 17.6. The largest absolute Gasteiger partial charge is 0.274 e. The summed E-state index contributed by atoms with van der Waals surface area (Å²) in [5.74, 6) is -1.37. The minimum Gasteiger partial charge on any atom is -0.274 e. The third-order valence-corrected chi connectivity index (χ3v) is 8.10. The van der Waals surface area contributed by atoms with E-state index in [0.29, 0.717) is 5.69 Å². The van der Waals surface area contributed by atoms with Crippen molar-refractivity contribution >= 4 is 28.3 Å². The molecule has 2 amide bonds. The van der Waals surface area contributed by atoms with Gasteiger partial charge in [0.1, 0.15) is 0 Å². The van der Waals surface area contributed by atoms with Gasteiger partial charge in [0.05, 0.1) is 28.0 Å². The van der Waals surface area contributed by atoms with Crippen LogP contribution in [0.1, 0.15) is 41.5 Å². The molecule has 0 spiro atoms. The van der Waals surface area contributed by atoms with Crippen LogP contribution in [0.15, 0.2) is 41.5 Å². The normalized spacial score (nSPS) is 33.3. The topological polar surface area (TPSA) is 54.5 Å². The first-order chi connectivity index (χ1) is 12.5. The van der Waals surface area contributed by atoms with Crippen LogP contribution in [0.3, 0.4) is 0 Å². The highest BCUT2D eigenvalue weighted by Gasteiger charge is 2.69. The van der Waals surface area contributed by atoms with Crippen LogP contribution >= 0.6 is 0 Å². The van der Waals surface area contributed by atoms with Gasteiger partial charge in [0.2, 0.25) is 11.8 Å². The van der Waals surface area contributed by atoms with Gasteiger partial charge in [0.25, 0.3) is 0 Å². The molecular formula is C22H27NO3S. The van der Waals surface area contributed by atoms with Crippen molar-refractivity contribution in [3.63, 3.8) is 0 Å². The number of nitrogens with zero attached hydrogens (tertiary/aromatic N) is 1. The monoisotopic (exact) mass is 385 g/mol. The van der Waals surface area contributed by atoms with E-state index in [-0.39, 0.29) is 33.1 Å². The maximum absolute atomic E-state index is 13.4. The lowest BCUT2D eigenvalue weighted by Crippen LogP contribution is -2.38. The molecule has 1 aromatic rings. The molecule has 3 heterocycles. The standard InChI is InChI=1S/C22H27NO3S/c1-21(2,3)15-16(22(4,5)6)18-14-13(17(15)27(18)26)19(24)23(20(14)25)12-10-8-7-9-11-12/h7-11,13-14,17-18H,1-6H3/t13-,14+,17+,18-,27?. The number of hydrogen-bond donors (Lipinski definition) is 0. The number of para-hydroxylation sites is 1. The minimum atomic E-state index is -1.22. The second-order valence-electron chi connectivity index (χ2n) is 9.90. The summed E-state index contributed by atoms with van der Waals surface area (Å²) in [7, 11) is -1.22. The molecule has 27 heavy (non-hydrogen) atoms. The Balaban J connectivity index is 1.87. The summed E-state index contributed by atoms with van der Waals surface area (Å²) in [4.78, 5) is 28.0. The van der Waals surface area contributed by atoms with Crippen LogP contribution in [-0.2, 0) is 20.4 Å². The number of fused-ring (bicyclic) bond motifs is 5. The molecule has 3 aliphatic rings. The summed E-state index contributed by atoms with van der Waals surface area (Å²) in [6.45, 7) is 12.7. The molecule has 0 N–H and O–H groups in total. The highest BCUT2D eigenvalue weighted by molar-refractivity contribution is 7.87. The zero-order valence-electron chi connectivity index (χ0n) is 16.8. The molecule has 1 aromatic carbocycles. The van der Waals surface area contributed by atoms with E-state index in [0.717, 1.165) is 11.1 Å². The fraction of sp³-hybridized carbons (Fsp3) is 0.545. The van der Waals surface area contributed by atoms with Crippen molar-refractivity contribution in [3.8, 4) is 0 Å². The van der Waals surface area contributed by atoms with E-state index in [1.165, 1.54) is 4.90 Å². The van der Waals surface area contributed by atoms with Crippen molar-refractivity contribution in [1.29, 1.82) is 0 Å². The second kappa shape index (κ2) is 5.63. The maximum Gasteiger partial charge on any atom is 0.239 e. The summed E-state index contributed by atoms with van der Waals surface area (Å²) >= 11 is 0. The van der Waals surface area contributed by atoms with E-state index < -0.39 is 22.6 Å². The van der Waals surface area contributed by atoms with E-state index in [4.69, 9.17) is 0 Å². The van der Waals surface area contributed by atoms with Crippen molar-refractivity contribution in [3.05, 3.63) is 41.5 Å². The Hall–Kier alpha value is -1.75. The van der Waals surface area contributed by atoms with Gasteiger partial charge >= 0.3 is 0 Å². The smallest absolute Gasteiger partial charge is 0.239 e. The molecule has 5 heteroatoms. The van der Waals surface area contributed by atoms with Crippen LogP contribution in [0.5, 0.6) is 0 Å². The van der Waals surface area contributed by atoms with Gasteiger partial charge in [0, 0.05) is 10.8 Å². The van der Waals surface area contributed by atoms with Crippen molar-refractivity contribution in [2.75, 3.05) is 4.90 Å². The number of anilines is 1. The van der Waals surface area contributed by atoms with Crippen molar-refractivity contribution < 1.29 is 13.8 Å². The maximum atomic E-state index is 13.4. The molecule has 0 aromatic heterocycles. The fourth-order valence-electron chi connectivity index (χ4n) is 5.19. The van der Waals surface area contributed by atoms with Crippen LogP contribution in [-0.4, -0.2) is 26.5 Å². The van der Waals surface area contributed by atoms with E-state index >= 15 is 0 Å². The first kappa shape index (κ1) is 18.6. The van der Waals surface area contributed by atoms with E-state index in [1.807, 2.05) is 18.2 Å². The zero-order chi connectivity index (χ0) is 19.9. The summed E-state index contributed by atoms with van der Waals surface area (Å²) < 4.78 is 13.4. The van der Waals surface area contributed by atoms with Crippen LogP contribution < -0.4 is 4.90 Å². The molecule has 5 atom stereocenters. The predicted molar refractivity (Wildman–Crippen MR) is 108 cm³/mol. The molecule has 4 nitrogen and oxygen atoms in total. The Morgan fingerprint density at radius 1 is 0.778 bits per heavy atom. The lowest BCUT2D eigenvalue weighted by Gasteiger charge is -2.37. The van der Waals surface area contributed by atoms with Crippen LogP contribution in [0, 0.1) is 22.7 Å². The van der Waals surface area contributed by atoms with Gasteiger partial charge in [-0.1, -0.05) is 59.7 Å². The molecule has 144 valence electrons. The van der Waals surface area contributed by atoms with Crippen LogP contribution in [0.4, 0.5) is 5.69 Å². The number of imide groups is 1. The number of hydrogen-bond acceptors (Lipinski definition) is 3. The molecule has 0 saturated carbocycles. The number of rotatable bonds is 1. The van der Waals surface area contributed by atoms with Gasteiger partial charge in [-0.2, -0.15) is 0 Å². The Bertz CT molecular complexity index is 836. The van der Waals surface area contributed by atoms with Crippen molar-refractivity contribution in [2.24, 2.45) is 22.7 Å². The minimum absolute atomic E-state index is 0.188. The van der Waals surface area contributed by atoms with Crippen LogP contribution in [0.25, 0.3) is 0 Å². The molecule has 3 aliphatic heterocycles. The number of benzene rings is 1. The summed E-state index contributed by atoms with van der Waals surface area (Å²) in [6.07, 6.45) is 0. The molecule has 0 aliphatic carbocycles. The summed E-state index contributed by atoms with van der Waals surface area (Å²) in [6, 6.07) is 9.11. The molecule has 2 fully saturated rings. The number of carbonyl (C=O) groups is 2. The SMILES string of the molecule is CC(C)(C)C1=C(C(C)(C)C)[C@H]2[C@H]3C(=O)N(c4ccccc4)C(=O)[C@H]3[C@@H]1S2=O. The van der Waals surface area contributed by atoms with Gasteiger partial charge < -0.3 is 0 Å². The Labute approximate surface area is 163 Å². The fourth-order valence-corrected chi connectivity index (χ4v) is 8.08. The van der Waals surface area contributed by atoms with Crippen molar-refractivity contribution in [2.45, 2.75) is 52.0 Å². The summed E-state index contributed by atoms with van der Waals surface area (Å²) in [5, 5.41) is -0.696. The lowest BCUT2D eigenvalue weighted by molar-refractivity contribution is -0.122. The summed E-state index contributed by atoms with van der Waals surface area (Å²) in [5.41, 5.74) is 2.51. The third kappa shape index (κ3) is 2.43. The first-order valence-corrected chi connectivity index (χ1v) is 10.8. The lowest BCUT2D eigenvalue weighted by atomic mass is 9.64. The van der Waals surface area contributed by atoms with Gasteiger partial charge in [-0.25, -0.2) is 4.90 Å². The Morgan fingerprint density at radius 2 is 1.19 bits per heavy atom. The number of carbonyl (C=O) groups excluding carboxylic acids is 2. The quantitative estimate of drug-likeness (QED) is 0.547. The first-order valence-electron chi connectivity index (χ1n) is 9.53. The van der Waals surface area contributed by atoms with E-state index in [9.17, 15) is 13.8 Å². The van der Waals surface area contributed by atoms with Crippen LogP contribution in [0.2, 0.25) is 0 Å². The average Bonchev–Trinajstić information content (AvgIpc) is 3.12. The highest BCUT2D eigenvalue weighted by Crippen LogP contribution is 2.60. The van der Waals surface area contributed by atoms with E-state index in [1.54, 1.807) is 12.1 Å². The molecular weight excluding hydrogens is 358 g/mol. The highest BCUT2D eigenvalue weighted by atomic mass is 32.2. The van der Waals surface area contributed by atoms with Gasteiger partial charge in [0.15, 0.2) is 0 Å². The van der Waals surface area contributed by atoms with Gasteiger partial charge in [-0.15, -0.1) is 0 Å². The Kier molecular flexibility index (Phi) is 3.88. The average molecular weight is 386 g/mol. The molecule has 0 radical (unpaired) electrons. The predicted octanol–water partition coefficient (Wildman–Crippen LogP) is 3.69. The molecule has 4 rings (SSSR count). The van der Waals surface area contributed by atoms with Crippen molar-refractivity contribution in [1.82, 2.24) is 0 Å². The number of amides is 2. The van der Waals surface area contributed by atoms with Gasteiger partial charge in [-0.3, -0.25) is 13.8 Å². The Morgan fingerprint density at radius 3 is 1.56 bits per heavy atom. The molecule has 2 saturated heterocycles.